The fraction of sp³-hybridized carbons (Fsp3) is 0.417. The summed E-state index contributed by atoms with van der Waals surface area (Å²) in [6.07, 6.45) is 1.06. The number of aryl methyl sites for hydroxylation is 1. The van der Waals surface area contributed by atoms with Crippen molar-refractivity contribution in [1.29, 1.82) is 0 Å². The molecule has 0 radical (unpaired) electrons. The van der Waals surface area contributed by atoms with Gasteiger partial charge in [0.2, 0.25) is 0 Å². The molecule has 14 heavy (non-hydrogen) atoms. The van der Waals surface area contributed by atoms with Gasteiger partial charge in [0.15, 0.2) is 0 Å². The van der Waals surface area contributed by atoms with Gasteiger partial charge in [-0.05, 0) is 24.1 Å². The van der Waals surface area contributed by atoms with Crippen LogP contribution in [0.1, 0.15) is 26.3 Å². The molecule has 2 nitrogen and oxygen atoms in total. The zero-order valence-electron chi connectivity index (χ0n) is 9.12. The predicted molar refractivity (Wildman–Crippen MR) is 61.9 cm³/mol. The first-order valence-corrected chi connectivity index (χ1v) is 5.06. The first-order valence-electron chi connectivity index (χ1n) is 5.06. The monoisotopic (exact) mass is 190 g/mol. The average molecular weight is 190 g/mol. The van der Waals surface area contributed by atoms with Gasteiger partial charge in [-0.25, -0.2) is 4.99 Å². The van der Waals surface area contributed by atoms with E-state index in [2.05, 4.69) is 24.0 Å². The van der Waals surface area contributed by atoms with Crippen LogP contribution in [0, 0.1) is 5.92 Å². The maximum Gasteiger partial charge on any atom is 0.102 e. The van der Waals surface area contributed by atoms with Crippen molar-refractivity contribution < 1.29 is 0 Å². The molecule has 0 aliphatic rings. The maximum absolute atomic E-state index is 5.77. The molecule has 0 bridgehead atoms. The summed E-state index contributed by atoms with van der Waals surface area (Å²) in [5, 5.41) is 0. The summed E-state index contributed by atoms with van der Waals surface area (Å²) in [5.41, 5.74) is 8.03. The van der Waals surface area contributed by atoms with Crippen LogP contribution in [-0.4, -0.2) is 5.84 Å². The van der Waals surface area contributed by atoms with Crippen molar-refractivity contribution in [2.24, 2.45) is 16.6 Å². The van der Waals surface area contributed by atoms with Gasteiger partial charge in [-0.3, -0.25) is 0 Å². The number of hydrogen-bond donors (Lipinski definition) is 1. The second-order valence-corrected chi connectivity index (χ2v) is 3.71. The SMILES string of the molecule is CCc1ccc(N=C(N)C(C)C)cc1. The third-order valence-corrected chi connectivity index (χ3v) is 2.19. The van der Waals surface area contributed by atoms with Crippen molar-refractivity contribution in [2.75, 3.05) is 0 Å². The van der Waals surface area contributed by atoms with E-state index in [4.69, 9.17) is 5.73 Å². The van der Waals surface area contributed by atoms with Crippen LogP contribution in [0.4, 0.5) is 5.69 Å². The Labute approximate surface area is 85.9 Å². The van der Waals surface area contributed by atoms with E-state index in [1.165, 1.54) is 5.56 Å². The van der Waals surface area contributed by atoms with E-state index < -0.39 is 0 Å². The minimum absolute atomic E-state index is 0.306. The van der Waals surface area contributed by atoms with E-state index in [0.717, 1.165) is 12.1 Å². The molecule has 2 N–H and O–H groups in total. The van der Waals surface area contributed by atoms with Crippen LogP contribution < -0.4 is 5.73 Å². The molecule has 0 aliphatic carbocycles. The molecule has 1 aromatic rings. The topological polar surface area (TPSA) is 38.4 Å². The first-order chi connectivity index (χ1) is 6.63. The minimum atomic E-state index is 0.306. The van der Waals surface area contributed by atoms with E-state index in [-0.39, 0.29) is 0 Å². The van der Waals surface area contributed by atoms with Crippen molar-refractivity contribution >= 4 is 11.5 Å². The molecular formula is C12H18N2. The van der Waals surface area contributed by atoms with Crippen molar-refractivity contribution in [1.82, 2.24) is 0 Å². The summed E-state index contributed by atoms with van der Waals surface area (Å²) in [6, 6.07) is 8.20. The van der Waals surface area contributed by atoms with Crippen LogP contribution in [0.15, 0.2) is 29.3 Å². The van der Waals surface area contributed by atoms with Gasteiger partial charge < -0.3 is 5.73 Å². The lowest BCUT2D eigenvalue weighted by molar-refractivity contribution is 0.873. The van der Waals surface area contributed by atoms with E-state index in [1.54, 1.807) is 0 Å². The zero-order chi connectivity index (χ0) is 10.6. The minimum Gasteiger partial charge on any atom is -0.387 e. The fourth-order valence-corrected chi connectivity index (χ4v) is 1.08. The molecule has 0 saturated carbocycles. The summed E-state index contributed by atoms with van der Waals surface area (Å²) in [4.78, 5) is 4.33. The second kappa shape index (κ2) is 4.80. The Bertz CT molecular complexity index is 310. The molecule has 1 rings (SSSR count). The highest BCUT2D eigenvalue weighted by molar-refractivity contribution is 5.84. The van der Waals surface area contributed by atoms with Crippen molar-refractivity contribution in [3.05, 3.63) is 29.8 Å². The second-order valence-electron chi connectivity index (χ2n) is 3.71. The van der Waals surface area contributed by atoms with Gasteiger partial charge >= 0.3 is 0 Å². The van der Waals surface area contributed by atoms with Gasteiger partial charge in [-0.1, -0.05) is 32.9 Å². The summed E-state index contributed by atoms with van der Waals surface area (Å²) in [7, 11) is 0. The summed E-state index contributed by atoms with van der Waals surface area (Å²) < 4.78 is 0. The number of aliphatic imine (C=N–C) groups is 1. The third kappa shape index (κ3) is 2.87. The lowest BCUT2D eigenvalue weighted by Gasteiger charge is -2.04. The van der Waals surface area contributed by atoms with Crippen LogP contribution in [0.25, 0.3) is 0 Å². The standard InChI is InChI=1S/C12H18N2/c1-4-10-5-7-11(8-6-10)14-12(13)9(2)3/h5-9H,4H2,1-3H3,(H2,13,14). The molecule has 0 fully saturated rings. The first kappa shape index (κ1) is 10.8. The van der Waals surface area contributed by atoms with E-state index in [9.17, 15) is 0 Å². The zero-order valence-corrected chi connectivity index (χ0v) is 9.12. The van der Waals surface area contributed by atoms with Gasteiger partial charge in [0.25, 0.3) is 0 Å². The Balaban J connectivity index is 2.83. The largest absolute Gasteiger partial charge is 0.387 e. The molecule has 1 aromatic carbocycles. The van der Waals surface area contributed by atoms with Crippen molar-refractivity contribution in [3.63, 3.8) is 0 Å². The highest BCUT2D eigenvalue weighted by Gasteiger charge is 1.98. The maximum atomic E-state index is 5.77. The molecule has 0 unspecified atom stereocenters. The van der Waals surface area contributed by atoms with Gasteiger partial charge in [0.1, 0.15) is 5.84 Å². The van der Waals surface area contributed by atoms with Gasteiger partial charge in [-0.2, -0.15) is 0 Å². The third-order valence-electron chi connectivity index (χ3n) is 2.19. The summed E-state index contributed by atoms with van der Waals surface area (Å²) in [6.45, 7) is 6.22. The van der Waals surface area contributed by atoms with Crippen LogP contribution in [-0.2, 0) is 6.42 Å². The van der Waals surface area contributed by atoms with Gasteiger partial charge in [-0.15, -0.1) is 0 Å². The average Bonchev–Trinajstić information content (AvgIpc) is 2.19. The molecular weight excluding hydrogens is 172 g/mol. The highest BCUT2D eigenvalue weighted by atomic mass is 14.9. The summed E-state index contributed by atoms with van der Waals surface area (Å²) in [5.74, 6) is 0.995. The number of nitrogens with two attached hydrogens (primary N) is 1. The highest BCUT2D eigenvalue weighted by Crippen LogP contribution is 2.14. The van der Waals surface area contributed by atoms with Crippen molar-refractivity contribution in [3.8, 4) is 0 Å². The lowest BCUT2D eigenvalue weighted by atomic mass is 10.1. The molecule has 0 aromatic heterocycles. The van der Waals surface area contributed by atoms with Gasteiger partial charge in [0, 0.05) is 5.92 Å². The molecule has 0 spiro atoms. The number of hydrogen-bond acceptors (Lipinski definition) is 1. The molecule has 0 aliphatic heterocycles. The Morgan fingerprint density at radius 2 is 1.86 bits per heavy atom. The van der Waals surface area contributed by atoms with E-state index in [1.807, 2.05) is 26.0 Å². The Hall–Kier alpha value is -1.31. The number of rotatable bonds is 3. The molecule has 0 saturated heterocycles. The number of nitrogens with zero attached hydrogens (tertiary/aromatic N) is 1. The lowest BCUT2D eigenvalue weighted by Crippen LogP contribution is -2.17. The molecule has 76 valence electrons. The van der Waals surface area contributed by atoms with Crippen LogP contribution in [0.3, 0.4) is 0 Å². The molecule has 0 heterocycles. The smallest absolute Gasteiger partial charge is 0.102 e. The number of benzene rings is 1. The fourth-order valence-electron chi connectivity index (χ4n) is 1.08. The van der Waals surface area contributed by atoms with E-state index in [0.29, 0.717) is 11.8 Å². The van der Waals surface area contributed by atoms with Crippen molar-refractivity contribution in [2.45, 2.75) is 27.2 Å². The van der Waals surface area contributed by atoms with Crippen LogP contribution in [0.5, 0.6) is 0 Å². The molecule has 2 heteroatoms. The van der Waals surface area contributed by atoms with Crippen LogP contribution in [0.2, 0.25) is 0 Å². The Morgan fingerprint density at radius 3 is 2.29 bits per heavy atom. The molecule has 0 atom stereocenters. The number of amidine groups is 1. The normalized spacial score (nSPS) is 12.1. The van der Waals surface area contributed by atoms with E-state index >= 15 is 0 Å². The molecule has 0 amide bonds. The quantitative estimate of drug-likeness (QED) is 0.577. The van der Waals surface area contributed by atoms with Gasteiger partial charge in [0.05, 0.1) is 5.69 Å². The Morgan fingerprint density at radius 1 is 1.29 bits per heavy atom. The predicted octanol–water partition coefficient (Wildman–Crippen LogP) is 2.89. The van der Waals surface area contributed by atoms with Crippen LogP contribution >= 0.6 is 0 Å². The Kier molecular flexibility index (Phi) is 3.69. The summed E-state index contributed by atoms with van der Waals surface area (Å²) >= 11 is 0.